The first-order valence-corrected chi connectivity index (χ1v) is 6.36. The molecule has 1 unspecified atom stereocenters. The fraction of sp³-hybridized carbons (Fsp3) is 0.750. The summed E-state index contributed by atoms with van der Waals surface area (Å²) in [6.07, 6.45) is 0.833. The van der Waals surface area contributed by atoms with Crippen molar-refractivity contribution >= 4 is 22.5 Å². The van der Waals surface area contributed by atoms with E-state index in [0.29, 0.717) is 6.41 Å². The SMILES string of the molecule is COC(=O)[C@@H]1CC(OS(C)(=O)=O)CN1C=O. The number of carbonyl (C=O) groups excluding carboxylic acids is 2. The van der Waals surface area contributed by atoms with Crippen molar-refractivity contribution in [3.8, 4) is 0 Å². The van der Waals surface area contributed by atoms with Gasteiger partial charge in [-0.05, 0) is 0 Å². The normalized spacial score (nSPS) is 25.5. The van der Waals surface area contributed by atoms with E-state index in [9.17, 15) is 18.0 Å². The molecule has 7 nitrogen and oxygen atoms in total. The minimum Gasteiger partial charge on any atom is -0.467 e. The van der Waals surface area contributed by atoms with Gasteiger partial charge in [-0.25, -0.2) is 4.79 Å². The van der Waals surface area contributed by atoms with Gasteiger partial charge in [-0.3, -0.25) is 8.98 Å². The molecule has 1 saturated heterocycles. The number of likely N-dealkylation sites (tertiary alicyclic amines) is 1. The Hall–Kier alpha value is -1.15. The summed E-state index contributed by atoms with van der Waals surface area (Å²) in [6, 6.07) is -0.769. The van der Waals surface area contributed by atoms with Crippen molar-refractivity contribution in [1.82, 2.24) is 4.90 Å². The van der Waals surface area contributed by atoms with Crippen molar-refractivity contribution in [3.63, 3.8) is 0 Å². The molecule has 0 bridgehead atoms. The standard InChI is InChI=1S/C8H13NO6S/c1-14-8(11)7-3-6(4-9(7)5-10)15-16(2,12)13/h5-7H,3-4H2,1-2H3/t6?,7-/m0/s1. The number of ether oxygens (including phenoxy) is 1. The van der Waals surface area contributed by atoms with E-state index >= 15 is 0 Å². The monoisotopic (exact) mass is 251 g/mol. The summed E-state index contributed by atoms with van der Waals surface area (Å²) in [5.41, 5.74) is 0. The van der Waals surface area contributed by atoms with Gasteiger partial charge in [0, 0.05) is 13.0 Å². The summed E-state index contributed by atoms with van der Waals surface area (Å²) >= 11 is 0. The Kier molecular flexibility index (Phi) is 3.87. The van der Waals surface area contributed by atoms with E-state index in [1.54, 1.807) is 0 Å². The summed E-state index contributed by atoms with van der Waals surface area (Å²) in [5, 5.41) is 0. The van der Waals surface area contributed by atoms with E-state index in [4.69, 9.17) is 4.18 Å². The van der Waals surface area contributed by atoms with Gasteiger partial charge in [0.05, 0.1) is 19.5 Å². The molecule has 0 spiro atoms. The minimum atomic E-state index is -3.59. The van der Waals surface area contributed by atoms with Crippen LogP contribution in [0.5, 0.6) is 0 Å². The van der Waals surface area contributed by atoms with Crippen molar-refractivity contribution in [2.24, 2.45) is 0 Å². The predicted octanol–water partition coefficient (Wildman–Crippen LogP) is -1.27. The molecular formula is C8H13NO6S. The number of rotatable bonds is 4. The van der Waals surface area contributed by atoms with Gasteiger partial charge >= 0.3 is 5.97 Å². The highest BCUT2D eigenvalue weighted by molar-refractivity contribution is 7.86. The van der Waals surface area contributed by atoms with Crippen molar-refractivity contribution in [2.45, 2.75) is 18.6 Å². The molecule has 0 radical (unpaired) electrons. The quantitative estimate of drug-likeness (QED) is 0.352. The molecule has 16 heavy (non-hydrogen) atoms. The van der Waals surface area contributed by atoms with Gasteiger partial charge in [-0.15, -0.1) is 0 Å². The number of hydrogen-bond donors (Lipinski definition) is 0. The highest BCUT2D eigenvalue weighted by atomic mass is 32.2. The van der Waals surface area contributed by atoms with E-state index in [0.717, 1.165) is 6.26 Å². The first-order valence-electron chi connectivity index (χ1n) is 4.54. The molecule has 1 heterocycles. The van der Waals surface area contributed by atoms with Gasteiger partial charge in [-0.2, -0.15) is 8.42 Å². The number of esters is 1. The Morgan fingerprint density at radius 1 is 1.50 bits per heavy atom. The average molecular weight is 251 g/mol. The lowest BCUT2D eigenvalue weighted by molar-refractivity contribution is -0.148. The summed E-state index contributed by atoms with van der Waals surface area (Å²) in [4.78, 5) is 23.1. The molecule has 0 aromatic carbocycles. The Bertz CT molecular complexity index is 378. The zero-order chi connectivity index (χ0) is 12.3. The Morgan fingerprint density at radius 3 is 2.56 bits per heavy atom. The third kappa shape index (κ3) is 3.17. The van der Waals surface area contributed by atoms with Gasteiger partial charge in [-0.1, -0.05) is 0 Å². The highest BCUT2D eigenvalue weighted by Gasteiger charge is 2.38. The van der Waals surface area contributed by atoms with Crippen LogP contribution in [0.2, 0.25) is 0 Å². The van der Waals surface area contributed by atoms with Gasteiger partial charge in [0.1, 0.15) is 6.04 Å². The molecule has 0 aliphatic carbocycles. The maximum absolute atomic E-state index is 11.3. The van der Waals surface area contributed by atoms with Crippen molar-refractivity contribution in [2.75, 3.05) is 19.9 Å². The Labute approximate surface area is 93.4 Å². The molecule has 92 valence electrons. The number of nitrogens with zero attached hydrogens (tertiary/aromatic N) is 1. The predicted molar refractivity (Wildman–Crippen MR) is 52.9 cm³/mol. The minimum absolute atomic E-state index is 0.0658. The van der Waals surface area contributed by atoms with Gasteiger partial charge in [0.2, 0.25) is 6.41 Å². The van der Waals surface area contributed by atoms with Crippen molar-refractivity contribution in [3.05, 3.63) is 0 Å². The lowest BCUT2D eigenvalue weighted by Crippen LogP contribution is -2.35. The first kappa shape index (κ1) is 12.9. The molecule has 0 aromatic heterocycles. The van der Waals surface area contributed by atoms with Crippen LogP contribution in [0.4, 0.5) is 0 Å². The van der Waals surface area contributed by atoms with Crippen molar-refractivity contribution in [1.29, 1.82) is 0 Å². The summed E-state index contributed by atoms with van der Waals surface area (Å²) in [6.45, 7) is 0.0658. The molecule has 2 atom stereocenters. The second-order valence-electron chi connectivity index (χ2n) is 3.50. The Morgan fingerprint density at radius 2 is 2.12 bits per heavy atom. The summed E-state index contributed by atoms with van der Waals surface area (Å²) < 4.78 is 31.0. The third-order valence-electron chi connectivity index (χ3n) is 2.22. The molecule has 1 aliphatic heterocycles. The topological polar surface area (TPSA) is 90.0 Å². The van der Waals surface area contributed by atoms with Crippen LogP contribution in [-0.2, 0) is 28.6 Å². The van der Waals surface area contributed by atoms with Gasteiger partial charge < -0.3 is 9.64 Å². The van der Waals surface area contributed by atoms with Gasteiger partial charge in [0.25, 0.3) is 10.1 Å². The van der Waals surface area contributed by atoms with E-state index in [1.165, 1.54) is 12.0 Å². The van der Waals surface area contributed by atoms with Crippen LogP contribution in [0.1, 0.15) is 6.42 Å². The number of hydrogen-bond acceptors (Lipinski definition) is 6. The van der Waals surface area contributed by atoms with E-state index in [-0.39, 0.29) is 13.0 Å². The second kappa shape index (κ2) is 4.79. The van der Waals surface area contributed by atoms with E-state index in [1.807, 2.05) is 0 Å². The van der Waals surface area contributed by atoms with Crippen LogP contribution in [0.25, 0.3) is 0 Å². The molecule has 1 aliphatic rings. The van der Waals surface area contributed by atoms with Gasteiger partial charge in [0.15, 0.2) is 0 Å². The number of amides is 1. The van der Waals surface area contributed by atoms with E-state index in [2.05, 4.69) is 4.74 Å². The first-order chi connectivity index (χ1) is 7.37. The van der Waals surface area contributed by atoms with Crippen LogP contribution in [0.15, 0.2) is 0 Å². The molecule has 0 saturated carbocycles. The second-order valence-corrected chi connectivity index (χ2v) is 5.10. The molecule has 1 amide bonds. The highest BCUT2D eigenvalue weighted by Crippen LogP contribution is 2.20. The fourth-order valence-corrected chi connectivity index (χ4v) is 2.26. The lowest BCUT2D eigenvalue weighted by atomic mass is 10.2. The van der Waals surface area contributed by atoms with Crippen LogP contribution in [0, 0.1) is 0 Å². The molecule has 1 rings (SSSR count). The number of carbonyl (C=O) groups is 2. The van der Waals surface area contributed by atoms with Crippen LogP contribution >= 0.6 is 0 Å². The third-order valence-corrected chi connectivity index (χ3v) is 2.84. The maximum Gasteiger partial charge on any atom is 0.328 e. The molecule has 8 heteroatoms. The zero-order valence-corrected chi connectivity index (χ0v) is 9.77. The van der Waals surface area contributed by atoms with Crippen LogP contribution < -0.4 is 0 Å². The summed E-state index contributed by atoms with van der Waals surface area (Å²) in [7, 11) is -2.39. The molecule has 1 fully saturated rings. The maximum atomic E-state index is 11.3. The lowest BCUT2D eigenvalue weighted by Gasteiger charge is -2.16. The van der Waals surface area contributed by atoms with E-state index < -0.39 is 28.2 Å². The Balaban J connectivity index is 2.70. The average Bonchev–Trinajstić information content (AvgIpc) is 2.57. The van der Waals surface area contributed by atoms with Crippen LogP contribution in [0.3, 0.4) is 0 Å². The zero-order valence-electron chi connectivity index (χ0n) is 8.95. The smallest absolute Gasteiger partial charge is 0.328 e. The number of methoxy groups -OCH3 is 1. The van der Waals surface area contributed by atoms with Crippen LogP contribution in [-0.4, -0.2) is 57.8 Å². The molecular weight excluding hydrogens is 238 g/mol. The summed E-state index contributed by atoms with van der Waals surface area (Å²) in [5.74, 6) is -0.577. The largest absolute Gasteiger partial charge is 0.467 e. The molecule has 0 N–H and O–H groups in total. The van der Waals surface area contributed by atoms with Crippen molar-refractivity contribution < 1.29 is 26.9 Å². The fourth-order valence-electron chi connectivity index (χ4n) is 1.62. The molecule has 0 aromatic rings.